The summed E-state index contributed by atoms with van der Waals surface area (Å²) in [5.41, 5.74) is 7.95. The van der Waals surface area contributed by atoms with Gasteiger partial charge in [-0.05, 0) is 42.7 Å². The van der Waals surface area contributed by atoms with Crippen LogP contribution in [0.25, 0.3) is 0 Å². The Bertz CT molecular complexity index is 599. The van der Waals surface area contributed by atoms with Gasteiger partial charge in [0.25, 0.3) is 0 Å². The average Bonchev–Trinajstić information content (AvgIpc) is 3.07. The lowest BCUT2D eigenvalue weighted by atomic mass is 10.0. The van der Waals surface area contributed by atoms with E-state index in [1.807, 2.05) is 18.3 Å². The quantitative estimate of drug-likeness (QED) is 0.899. The van der Waals surface area contributed by atoms with Gasteiger partial charge in [0.1, 0.15) is 5.82 Å². The van der Waals surface area contributed by atoms with Crippen molar-refractivity contribution in [2.75, 3.05) is 0 Å². The number of aromatic nitrogens is 2. The molecule has 0 saturated heterocycles. The van der Waals surface area contributed by atoms with Crippen molar-refractivity contribution >= 4 is 15.9 Å². The number of rotatable bonds is 4. The van der Waals surface area contributed by atoms with Crippen molar-refractivity contribution in [1.29, 1.82) is 0 Å². The zero-order chi connectivity index (χ0) is 14.8. The molecule has 0 bridgehead atoms. The smallest absolute Gasteiger partial charge is 0.124 e. The number of hydrogen-bond acceptors (Lipinski definition) is 2. The fourth-order valence-corrected chi connectivity index (χ4v) is 3.47. The van der Waals surface area contributed by atoms with Gasteiger partial charge >= 0.3 is 0 Å². The molecule has 1 fully saturated rings. The molecule has 112 valence electrons. The molecule has 0 aliphatic heterocycles. The van der Waals surface area contributed by atoms with Crippen molar-refractivity contribution in [1.82, 2.24) is 9.78 Å². The van der Waals surface area contributed by atoms with Crippen molar-refractivity contribution in [3.8, 4) is 0 Å². The summed E-state index contributed by atoms with van der Waals surface area (Å²) in [5, 5.41) is 4.63. The first-order valence-electron chi connectivity index (χ1n) is 7.37. The second kappa shape index (κ2) is 6.28. The summed E-state index contributed by atoms with van der Waals surface area (Å²) in [6.07, 6.45) is 7.66. The van der Waals surface area contributed by atoms with E-state index in [1.165, 1.54) is 37.8 Å². The first-order chi connectivity index (χ1) is 10.1. The van der Waals surface area contributed by atoms with Gasteiger partial charge in [-0.25, -0.2) is 4.39 Å². The molecule has 0 amide bonds. The zero-order valence-electron chi connectivity index (χ0n) is 11.8. The number of halogens is 2. The van der Waals surface area contributed by atoms with Crippen molar-refractivity contribution in [3.05, 3.63) is 52.0 Å². The minimum Gasteiger partial charge on any atom is -0.324 e. The summed E-state index contributed by atoms with van der Waals surface area (Å²) in [6, 6.07) is 7.10. The minimum absolute atomic E-state index is 0.246. The second-order valence-corrected chi connectivity index (χ2v) is 6.65. The predicted octanol–water partition coefficient (Wildman–Crippen LogP) is 4.14. The maximum absolute atomic E-state index is 13.4. The molecule has 1 aromatic heterocycles. The molecule has 3 nitrogen and oxygen atoms in total. The maximum Gasteiger partial charge on any atom is 0.124 e. The van der Waals surface area contributed by atoms with Crippen molar-refractivity contribution in [2.45, 2.75) is 44.2 Å². The molecular formula is C16H19BrFN3. The van der Waals surface area contributed by atoms with Gasteiger partial charge in [0.05, 0.1) is 11.7 Å². The molecule has 1 aromatic carbocycles. The molecule has 0 spiro atoms. The normalized spacial score (nSPS) is 17.3. The lowest BCUT2D eigenvalue weighted by Gasteiger charge is -2.12. The molecule has 2 N–H and O–H groups in total. The highest BCUT2D eigenvalue weighted by Gasteiger charge is 2.18. The molecule has 3 rings (SSSR count). The van der Waals surface area contributed by atoms with Crippen LogP contribution in [0, 0.1) is 5.82 Å². The molecule has 1 unspecified atom stereocenters. The van der Waals surface area contributed by atoms with Gasteiger partial charge in [-0.3, -0.25) is 4.68 Å². The number of nitrogens with two attached hydrogens (primary N) is 1. The fraction of sp³-hybridized carbons (Fsp3) is 0.438. The number of hydrogen-bond donors (Lipinski definition) is 1. The van der Waals surface area contributed by atoms with Gasteiger partial charge in [-0.2, -0.15) is 5.10 Å². The fourth-order valence-electron chi connectivity index (χ4n) is 2.99. The van der Waals surface area contributed by atoms with Crippen LogP contribution in [-0.2, 0) is 6.42 Å². The molecule has 1 heterocycles. The summed E-state index contributed by atoms with van der Waals surface area (Å²) in [7, 11) is 0. The van der Waals surface area contributed by atoms with Gasteiger partial charge in [0.15, 0.2) is 0 Å². The van der Waals surface area contributed by atoms with Gasteiger partial charge in [0.2, 0.25) is 0 Å². The summed E-state index contributed by atoms with van der Waals surface area (Å²) in [5.74, 6) is -0.272. The third kappa shape index (κ3) is 3.52. The Kier molecular flexibility index (Phi) is 4.40. The van der Waals surface area contributed by atoms with E-state index < -0.39 is 0 Å². The van der Waals surface area contributed by atoms with Crippen LogP contribution >= 0.6 is 15.9 Å². The molecule has 5 heteroatoms. The van der Waals surface area contributed by atoms with E-state index in [0.29, 0.717) is 16.9 Å². The van der Waals surface area contributed by atoms with E-state index in [9.17, 15) is 4.39 Å². The lowest BCUT2D eigenvalue weighted by Crippen LogP contribution is -2.14. The lowest BCUT2D eigenvalue weighted by molar-refractivity contribution is 0.461. The maximum atomic E-state index is 13.4. The summed E-state index contributed by atoms with van der Waals surface area (Å²) >= 11 is 3.30. The van der Waals surface area contributed by atoms with Crippen LogP contribution in [-0.4, -0.2) is 9.78 Å². The van der Waals surface area contributed by atoms with E-state index in [1.54, 1.807) is 0 Å². The zero-order valence-corrected chi connectivity index (χ0v) is 13.4. The van der Waals surface area contributed by atoms with E-state index in [0.717, 1.165) is 11.3 Å². The van der Waals surface area contributed by atoms with Crippen molar-refractivity contribution in [2.24, 2.45) is 5.73 Å². The molecule has 1 aliphatic rings. The van der Waals surface area contributed by atoms with E-state index in [2.05, 4.69) is 25.7 Å². The number of benzene rings is 1. The molecule has 1 aliphatic carbocycles. The highest BCUT2D eigenvalue weighted by Crippen LogP contribution is 2.29. The molecule has 21 heavy (non-hydrogen) atoms. The molecule has 0 radical (unpaired) electrons. The van der Waals surface area contributed by atoms with Crippen LogP contribution in [0.15, 0.2) is 34.9 Å². The van der Waals surface area contributed by atoms with E-state index in [4.69, 9.17) is 5.73 Å². The molecular weight excluding hydrogens is 333 g/mol. The highest BCUT2D eigenvalue weighted by atomic mass is 79.9. The van der Waals surface area contributed by atoms with Crippen LogP contribution in [0.1, 0.15) is 49.0 Å². The highest BCUT2D eigenvalue weighted by molar-refractivity contribution is 9.10. The molecule has 1 saturated carbocycles. The Hall–Kier alpha value is -1.20. The summed E-state index contributed by atoms with van der Waals surface area (Å²) in [6.45, 7) is 0. The topological polar surface area (TPSA) is 43.8 Å². The Morgan fingerprint density at radius 2 is 2.10 bits per heavy atom. The predicted molar refractivity (Wildman–Crippen MR) is 84.5 cm³/mol. The van der Waals surface area contributed by atoms with E-state index in [-0.39, 0.29) is 11.9 Å². The minimum atomic E-state index is -0.272. The Balaban J connectivity index is 1.70. The van der Waals surface area contributed by atoms with Crippen molar-refractivity contribution in [3.63, 3.8) is 0 Å². The van der Waals surface area contributed by atoms with Crippen LogP contribution in [0.4, 0.5) is 4.39 Å². The van der Waals surface area contributed by atoms with Gasteiger partial charge in [-0.15, -0.1) is 0 Å². The number of nitrogens with zero attached hydrogens (tertiary/aromatic N) is 2. The standard InChI is InChI=1S/C16H19BrFN3/c17-12-7-11(8-13(18)9-12)16(19)10-14-5-6-21(20-14)15-3-1-2-4-15/h5-9,15-16H,1-4,10,19H2. The van der Waals surface area contributed by atoms with Gasteiger partial charge in [0, 0.05) is 23.1 Å². The Morgan fingerprint density at radius 3 is 2.81 bits per heavy atom. The Labute approximate surface area is 132 Å². The molecule has 1 atom stereocenters. The summed E-state index contributed by atoms with van der Waals surface area (Å²) < 4.78 is 16.2. The second-order valence-electron chi connectivity index (χ2n) is 5.74. The first kappa shape index (κ1) is 14.7. The third-order valence-electron chi connectivity index (χ3n) is 4.10. The monoisotopic (exact) mass is 351 g/mol. The van der Waals surface area contributed by atoms with Crippen LogP contribution in [0.2, 0.25) is 0 Å². The van der Waals surface area contributed by atoms with Gasteiger partial charge < -0.3 is 5.73 Å². The van der Waals surface area contributed by atoms with E-state index >= 15 is 0 Å². The van der Waals surface area contributed by atoms with Gasteiger partial charge in [-0.1, -0.05) is 28.8 Å². The SMILES string of the molecule is NC(Cc1ccn(C2CCCC2)n1)c1cc(F)cc(Br)c1. The van der Waals surface area contributed by atoms with Crippen molar-refractivity contribution < 1.29 is 4.39 Å². The third-order valence-corrected chi connectivity index (χ3v) is 4.56. The van der Waals surface area contributed by atoms with Crippen LogP contribution in [0.5, 0.6) is 0 Å². The van der Waals surface area contributed by atoms with Crippen LogP contribution in [0.3, 0.4) is 0 Å². The molecule has 2 aromatic rings. The summed E-state index contributed by atoms with van der Waals surface area (Å²) in [4.78, 5) is 0. The average molecular weight is 352 g/mol. The van der Waals surface area contributed by atoms with Crippen LogP contribution < -0.4 is 5.73 Å². The largest absolute Gasteiger partial charge is 0.324 e. The Morgan fingerprint density at radius 1 is 1.33 bits per heavy atom. The first-order valence-corrected chi connectivity index (χ1v) is 8.17.